The molecular weight excluding hydrogens is 512 g/mol. The van der Waals surface area contributed by atoms with E-state index in [1.54, 1.807) is 11.0 Å². The molecule has 1 unspecified atom stereocenters. The Bertz CT molecular complexity index is 1480. The van der Waals surface area contributed by atoms with Gasteiger partial charge in [0.2, 0.25) is 0 Å². The number of ketones is 1. The monoisotopic (exact) mass is 554 g/mol. The van der Waals surface area contributed by atoms with Gasteiger partial charge in [-0.15, -0.1) is 0 Å². The minimum Gasteiger partial charge on any atom is -0.507 e. The first-order valence-electron chi connectivity index (χ1n) is 14.4. The number of rotatable bonds is 8. The summed E-state index contributed by atoms with van der Waals surface area (Å²) in [6.45, 7) is 18.5. The predicted octanol–water partition coefficient (Wildman–Crippen LogP) is 7.47. The Balaban J connectivity index is 1.96. The summed E-state index contributed by atoms with van der Waals surface area (Å²) in [5.74, 6) is -0.814. The average Bonchev–Trinajstić information content (AvgIpc) is 3.20. The SMILES string of the molecule is CCOc1ccc(/C(O)=C2/C(=O)C(=O)N(c3cc(C)ccc3C)C2c2ccc(N(CC)CC)cc2)cc1C(C)(C)C. The Morgan fingerprint density at radius 2 is 1.59 bits per heavy atom. The fraction of sp³-hybridized carbons (Fsp3) is 0.371. The zero-order valence-electron chi connectivity index (χ0n) is 25.5. The van der Waals surface area contributed by atoms with E-state index in [4.69, 9.17) is 4.74 Å². The number of hydrogen-bond acceptors (Lipinski definition) is 5. The van der Waals surface area contributed by atoms with E-state index in [0.29, 0.717) is 17.9 Å². The summed E-state index contributed by atoms with van der Waals surface area (Å²) in [5.41, 5.74) is 5.51. The number of anilines is 2. The van der Waals surface area contributed by atoms with Gasteiger partial charge in [0.25, 0.3) is 11.7 Å². The third-order valence-electron chi connectivity index (χ3n) is 7.77. The highest BCUT2D eigenvalue weighted by molar-refractivity contribution is 6.51. The first kappa shape index (κ1) is 29.9. The quantitative estimate of drug-likeness (QED) is 0.178. The molecule has 1 fully saturated rings. The molecule has 3 aromatic carbocycles. The van der Waals surface area contributed by atoms with Crippen LogP contribution in [0.25, 0.3) is 5.76 Å². The zero-order valence-corrected chi connectivity index (χ0v) is 25.5. The summed E-state index contributed by atoms with van der Waals surface area (Å²) in [4.78, 5) is 31.3. The summed E-state index contributed by atoms with van der Waals surface area (Å²) in [6, 6.07) is 18.5. The first-order valence-corrected chi connectivity index (χ1v) is 14.4. The van der Waals surface area contributed by atoms with E-state index >= 15 is 0 Å². The molecule has 1 heterocycles. The lowest BCUT2D eigenvalue weighted by molar-refractivity contribution is -0.132. The Morgan fingerprint density at radius 1 is 0.927 bits per heavy atom. The van der Waals surface area contributed by atoms with Crippen LogP contribution < -0.4 is 14.5 Å². The molecule has 0 aliphatic carbocycles. The minimum atomic E-state index is -0.786. The van der Waals surface area contributed by atoms with E-state index in [2.05, 4.69) is 39.5 Å². The third-order valence-corrected chi connectivity index (χ3v) is 7.77. The van der Waals surface area contributed by atoms with Crippen molar-refractivity contribution >= 4 is 28.8 Å². The van der Waals surface area contributed by atoms with Gasteiger partial charge in [0.15, 0.2) is 0 Å². The van der Waals surface area contributed by atoms with Crippen molar-refractivity contribution in [2.75, 3.05) is 29.5 Å². The number of aliphatic hydroxyl groups is 1. The van der Waals surface area contributed by atoms with Gasteiger partial charge in [-0.3, -0.25) is 14.5 Å². The van der Waals surface area contributed by atoms with Crippen LogP contribution in [-0.2, 0) is 15.0 Å². The second kappa shape index (κ2) is 11.8. The smallest absolute Gasteiger partial charge is 0.300 e. The van der Waals surface area contributed by atoms with Crippen molar-refractivity contribution in [2.45, 2.75) is 66.8 Å². The maximum Gasteiger partial charge on any atom is 0.300 e. The molecule has 1 atom stereocenters. The number of amides is 1. The number of hydrogen-bond donors (Lipinski definition) is 1. The molecule has 6 nitrogen and oxygen atoms in total. The molecule has 0 aromatic heterocycles. The van der Waals surface area contributed by atoms with Gasteiger partial charge in [0.05, 0.1) is 18.2 Å². The Labute approximate surface area is 244 Å². The molecule has 1 saturated heterocycles. The van der Waals surface area contributed by atoms with Crippen molar-refractivity contribution in [2.24, 2.45) is 0 Å². The van der Waals surface area contributed by atoms with Crippen molar-refractivity contribution in [1.29, 1.82) is 0 Å². The molecule has 1 aliphatic heterocycles. The summed E-state index contributed by atoms with van der Waals surface area (Å²) >= 11 is 0. The number of Topliss-reactive ketones (excluding diaryl/α,β-unsaturated/α-hetero) is 1. The van der Waals surface area contributed by atoms with Gasteiger partial charge in [0.1, 0.15) is 11.5 Å². The Hall–Kier alpha value is -4.06. The van der Waals surface area contributed by atoms with Crippen molar-refractivity contribution in [1.82, 2.24) is 0 Å². The second-order valence-corrected chi connectivity index (χ2v) is 11.6. The van der Waals surface area contributed by atoms with Crippen LogP contribution in [0, 0.1) is 13.8 Å². The molecule has 0 radical (unpaired) electrons. The van der Waals surface area contributed by atoms with Gasteiger partial charge < -0.3 is 14.7 Å². The van der Waals surface area contributed by atoms with Gasteiger partial charge >= 0.3 is 0 Å². The molecule has 1 N–H and O–H groups in total. The highest BCUT2D eigenvalue weighted by atomic mass is 16.5. The van der Waals surface area contributed by atoms with Crippen LogP contribution in [0.4, 0.5) is 11.4 Å². The number of aryl methyl sites for hydroxylation is 2. The van der Waals surface area contributed by atoms with Gasteiger partial charge in [-0.05, 0) is 93.1 Å². The highest BCUT2D eigenvalue weighted by Crippen LogP contribution is 2.44. The third kappa shape index (κ3) is 5.74. The number of carbonyl (C=O) groups is 2. The van der Waals surface area contributed by atoms with E-state index in [1.165, 1.54) is 0 Å². The lowest BCUT2D eigenvalue weighted by Crippen LogP contribution is -2.30. The van der Waals surface area contributed by atoms with Crippen LogP contribution >= 0.6 is 0 Å². The topological polar surface area (TPSA) is 70.1 Å². The molecule has 0 bridgehead atoms. The Kier molecular flexibility index (Phi) is 8.62. The van der Waals surface area contributed by atoms with Crippen LogP contribution in [-0.4, -0.2) is 36.5 Å². The van der Waals surface area contributed by atoms with Crippen LogP contribution in [0.2, 0.25) is 0 Å². The lowest BCUT2D eigenvalue weighted by Gasteiger charge is -2.28. The van der Waals surface area contributed by atoms with Crippen molar-refractivity contribution < 1.29 is 19.4 Å². The largest absolute Gasteiger partial charge is 0.507 e. The first-order chi connectivity index (χ1) is 19.4. The molecule has 4 rings (SSSR count). The van der Waals surface area contributed by atoms with Gasteiger partial charge in [-0.1, -0.05) is 45.0 Å². The predicted molar refractivity (Wildman–Crippen MR) is 167 cm³/mol. The molecule has 0 saturated carbocycles. The maximum atomic E-state index is 13.8. The minimum absolute atomic E-state index is 0.0792. The second-order valence-electron chi connectivity index (χ2n) is 11.6. The fourth-order valence-electron chi connectivity index (χ4n) is 5.53. The molecule has 3 aromatic rings. The fourth-order valence-corrected chi connectivity index (χ4v) is 5.53. The van der Waals surface area contributed by atoms with Crippen molar-refractivity contribution in [3.05, 3.63) is 94.1 Å². The molecule has 41 heavy (non-hydrogen) atoms. The number of aliphatic hydroxyl groups excluding tert-OH is 1. The van der Waals surface area contributed by atoms with E-state index in [0.717, 1.165) is 46.8 Å². The standard InChI is InChI=1S/C35H42N2O4/c1-9-36(10-2)26-17-14-24(15-18-26)31-30(33(39)34(40)37(31)28-20-22(4)12-13-23(28)5)32(38)25-16-19-29(41-11-3)27(21-25)35(6,7)8/h12-21,31,38H,9-11H2,1-8H3/b32-30-. The van der Waals surface area contributed by atoms with Crippen LogP contribution in [0.15, 0.2) is 66.2 Å². The number of nitrogens with zero attached hydrogens (tertiary/aromatic N) is 2. The van der Waals surface area contributed by atoms with Crippen LogP contribution in [0.5, 0.6) is 5.75 Å². The number of benzene rings is 3. The molecule has 6 heteroatoms. The number of ether oxygens (including phenoxy) is 1. The molecule has 0 spiro atoms. The van der Waals surface area contributed by atoms with Crippen molar-refractivity contribution in [3.63, 3.8) is 0 Å². The Morgan fingerprint density at radius 3 is 2.17 bits per heavy atom. The summed E-state index contributed by atoms with van der Waals surface area (Å²) < 4.78 is 5.87. The molecular formula is C35H42N2O4. The van der Waals surface area contributed by atoms with Gasteiger partial charge in [-0.2, -0.15) is 0 Å². The van der Waals surface area contributed by atoms with Crippen LogP contribution in [0.3, 0.4) is 0 Å². The van der Waals surface area contributed by atoms with Gasteiger partial charge in [0, 0.05) is 35.6 Å². The molecule has 1 amide bonds. The zero-order chi connectivity index (χ0) is 30.1. The van der Waals surface area contributed by atoms with E-state index < -0.39 is 17.7 Å². The van der Waals surface area contributed by atoms with E-state index in [-0.39, 0.29) is 16.7 Å². The summed E-state index contributed by atoms with van der Waals surface area (Å²) in [7, 11) is 0. The van der Waals surface area contributed by atoms with Crippen LogP contribution in [0.1, 0.15) is 75.4 Å². The normalized spacial score (nSPS) is 16.8. The molecule has 1 aliphatic rings. The number of carbonyl (C=O) groups excluding carboxylic acids is 2. The highest BCUT2D eigenvalue weighted by Gasteiger charge is 2.47. The van der Waals surface area contributed by atoms with Crippen molar-refractivity contribution in [3.8, 4) is 5.75 Å². The van der Waals surface area contributed by atoms with E-state index in [9.17, 15) is 14.7 Å². The molecule has 216 valence electrons. The summed E-state index contributed by atoms with van der Waals surface area (Å²) in [5, 5.41) is 11.8. The average molecular weight is 555 g/mol. The lowest BCUT2D eigenvalue weighted by atomic mass is 9.84. The van der Waals surface area contributed by atoms with E-state index in [1.807, 2.05) is 75.4 Å². The summed E-state index contributed by atoms with van der Waals surface area (Å²) in [6.07, 6.45) is 0. The maximum absolute atomic E-state index is 13.8. The van der Waals surface area contributed by atoms with Gasteiger partial charge in [-0.25, -0.2) is 0 Å².